The van der Waals surface area contributed by atoms with E-state index in [9.17, 15) is 9.59 Å². The van der Waals surface area contributed by atoms with Crippen molar-refractivity contribution in [3.05, 3.63) is 83.9 Å². The van der Waals surface area contributed by atoms with Crippen molar-refractivity contribution in [3.63, 3.8) is 0 Å². The van der Waals surface area contributed by atoms with Gasteiger partial charge in [0.2, 0.25) is 5.91 Å². The molecule has 0 N–H and O–H groups in total. The Kier molecular flexibility index (Phi) is 3.88. The molecule has 5 rings (SSSR count). The second kappa shape index (κ2) is 6.31. The smallest absolute Gasteiger partial charge is 0.312 e. The van der Waals surface area contributed by atoms with E-state index in [4.69, 9.17) is 9.47 Å². The average molecular weight is 375 g/mol. The Hall–Kier alpha value is -2.92. The number of nitrogens with zero attached hydrogens (tertiary/aromatic N) is 1. The van der Waals surface area contributed by atoms with E-state index in [-0.39, 0.29) is 24.0 Å². The summed E-state index contributed by atoms with van der Waals surface area (Å²) in [7, 11) is 1.36. The van der Waals surface area contributed by atoms with Crippen LogP contribution in [0.3, 0.4) is 0 Å². The Balaban J connectivity index is 1.58. The topological polar surface area (TPSA) is 55.8 Å². The van der Waals surface area contributed by atoms with Crippen molar-refractivity contribution in [2.45, 2.75) is 17.7 Å². The summed E-state index contributed by atoms with van der Waals surface area (Å²) in [6, 6.07) is 19.7. The summed E-state index contributed by atoms with van der Waals surface area (Å²) >= 11 is 0. The van der Waals surface area contributed by atoms with E-state index >= 15 is 0 Å². The zero-order valence-corrected chi connectivity index (χ0v) is 15.5. The average Bonchev–Trinajstić information content (AvgIpc) is 3.38. The molecule has 1 amide bonds. The number of carbonyl (C=O) groups is 2. The molecule has 1 spiro atoms. The summed E-state index contributed by atoms with van der Waals surface area (Å²) in [4.78, 5) is 27.9. The molecule has 4 atom stereocenters. The number of hydrogen-bond acceptors (Lipinski definition) is 4. The maximum atomic E-state index is 13.6. The van der Waals surface area contributed by atoms with Crippen LogP contribution in [0, 0.1) is 11.8 Å². The minimum atomic E-state index is -0.748. The lowest BCUT2D eigenvalue weighted by Gasteiger charge is -2.31. The molecule has 2 bridgehead atoms. The highest BCUT2D eigenvalue weighted by molar-refractivity contribution is 5.91. The van der Waals surface area contributed by atoms with E-state index in [0.717, 1.165) is 11.1 Å². The first-order chi connectivity index (χ1) is 13.6. The Morgan fingerprint density at radius 2 is 1.71 bits per heavy atom. The van der Waals surface area contributed by atoms with Gasteiger partial charge in [-0.15, -0.1) is 0 Å². The Labute approximate surface area is 163 Å². The van der Waals surface area contributed by atoms with Crippen LogP contribution in [-0.4, -0.2) is 42.1 Å². The second-order valence-corrected chi connectivity index (χ2v) is 7.61. The minimum Gasteiger partial charge on any atom is -0.469 e. The highest BCUT2D eigenvalue weighted by atomic mass is 16.5. The number of amides is 1. The lowest BCUT2D eigenvalue weighted by atomic mass is 9.77. The normalized spacial score (nSPS) is 30.1. The summed E-state index contributed by atoms with van der Waals surface area (Å²) < 4.78 is 11.1. The van der Waals surface area contributed by atoms with Gasteiger partial charge in [0.1, 0.15) is 11.5 Å². The third-order valence-corrected chi connectivity index (χ3v) is 6.15. The third kappa shape index (κ3) is 2.36. The molecular formula is C23H21NO4. The van der Waals surface area contributed by atoms with Gasteiger partial charge in [0.15, 0.2) is 0 Å². The SMILES string of the molecule is COC(=O)[C@@H]1[C@H]2C(=O)N(C(c3ccccc3)c3ccccc3)C[C@@]23C=C[C@H]1O3. The number of rotatable bonds is 4. The first kappa shape index (κ1) is 17.2. The first-order valence-electron chi connectivity index (χ1n) is 9.50. The molecule has 5 heteroatoms. The Morgan fingerprint density at radius 1 is 1.11 bits per heavy atom. The van der Waals surface area contributed by atoms with Gasteiger partial charge in [-0.1, -0.05) is 72.8 Å². The molecule has 3 aliphatic heterocycles. The Bertz CT molecular complexity index is 902. The molecule has 3 aliphatic rings. The summed E-state index contributed by atoms with van der Waals surface area (Å²) in [5, 5.41) is 0. The molecule has 28 heavy (non-hydrogen) atoms. The molecule has 5 nitrogen and oxygen atoms in total. The van der Waals surface area contributed by atoms with Gasteiger partial charge in [-0.05, 0) is 11.1 Å². The minimum absolute atomic E-state index is 0.0556. The predicted octanol–water partition coefficient (Wildman–Crippen LogP) is 2.73. The zero-order chi connectivity index (χ0) is 19.3. The van der Waals surface area contributed by atoms with E-state index in [1.807, 2.05) is 77.7 Å². The zero-order valence-electron chi connectivity index (χ0n) is 15.5. The number of esters is 1. The number of methoxy groups -OCH3 is 1. The van der Waals surface area contributed by atoms with Crippen LogP contribution in [0.2, 0.25) is 0 Å². The van der Waals surface area contributed by atoms with Gasteiger partial charge in [-0.3, -0.25) is 9.59 Å². The quantitative estimate of drug-likeness (QED) is 0.609. The largest absolute Gasteiger partial charge is 0.469 e. The first-order valence-corrected chi connectivity index (χ1v) is 9.50. The third-order valence-electron chi connectivity index (χ3n) is 6.15. The van der Waals surface area contributed by atoms with Crippen LogP contribution in [0.1, 0.15) is 17.2 Å². The van der Waals surface area contributed by atoms with Crippen LogP contribution in [-0.2, 0) is 19.1 Å². The number of likely N-dealkylation sites (tertiary alicyclic amines) is 1. The molecule has 0 radical (unpaired) electrons. The van der Waals surface area contributed by atoms with Gasteiger partial charge in [0, 0.05) is 0 Å². The number of fused-ring (bicyclic) bond motifs is 1. The molecule has 3 heterocycles. The summed E-state index contributed by atoms with van der Waals surface area (Å²) in [5.41, 5.74) is 1.32. The molecular weight excluding hydrogens is 354 g/mol. The van der Waals surface area contributed by atoms with E-state index in [1.54, 1.807) is 0 Å². The fourth-order valence-corrected chi connectivity index (χ4v) is 4.97. The fourth-order valence-electron chi connectivity index (χ4n) is 4.97. The monoisotopic (exact) mass is 375 g/mol. The summed E-state index contributed by atoms with van der Waals surface area (Å²) in [6.07, 6.45) is 3.48. The van der Waals surface area contributed by atoms with Crippen molar-refractivity contribution in [1.29, 1.82) is 0 Å². The highest BCUT2D eigenvalue weighted by Crippen LogP contribution is 2.54. The van der Waals surface area contributed by atoms with E-state index in [2.05, 4.69) is 0 Å². The number of carbonyl (C=O) groups excluding carboxylic acids is 2. The molecule has 0 unspecified atom stereocenters. The maximum absolute atomic E-state index is 13.6. The fraction of sp³-hybridized carbons (Fsp3) is 0.304. The molecule has 0 aliphatic carbocycles. The van der Waals surface area contributed by atoms with Crippen molar-refractivity contribution in [2.24, 2.45) is 11.8 Å². The number of benzene rings is 2. The maximum Gasteiger partial charge on any atom is 0.312 e. The van der Waals surface area contributed by atoms with Crippen LogP contribution in [0.4, 0.5) is 0 Å². The van der Waals surface area contributed by atoms with Crippen LogP contribution < -0.4 is 0 Å². The van der Waals surface area contributed by atoms with Gasteiger partial charge in [0.05, 0.1) is 31.7 Å². The van der Waals surface area contributed by atoms with Crippen LogP contribution >= 0.6 is 0 Å². The van der Waals surface area contributed by atoms with Crippen molar-refractivity contribution < 1.29 is 19.1 Å². The molecule has 2 fully saturated rings. The Morgan fingerprint density at radius 3 is 2.29 bits per heavy atom. The van der Waals surface area contributed by atoms with E-state index in [0.29, 0.717) is 6.54 Å². The van der Waals surface area contributed by atoms with Gasteiger partial charge in [-0.25, -0.2) is 0 Å². The van der Waals surface area contributed by atoms with Crippen LogP contribution in [0.5, 0.6) is 0 Å². The highest BCUT2D eigenvalue weighted by Gasteiger charge is 2.68. The standard InChI is InChI=1S/C23H21NO4/c1-27-22(26)18-17-12-13-23(28-17)14-24(21(25)19(18)23)20(15-8-4-2-5-9-15)16-10-6-3-7-11-16/h2-13,17-20H,14H2,1H3/t17-,18+,19+,23+/m1/s1. The van der Waals surface area contributed by atoms with Gasteiger partial charge < -0.3 is 14.4 Å². The second-order valence-electron chi connectivity index (χ2n) is 7.61. The van der Waals surface area contributed by atoms with Crippen molar-refractivity contribution in [1.82, 2.24) is 4.90 Å². The lowest BCUT2D eigenvalue weighted by Crippen LogP contribution is -2.40. The molecule has 0 aromatic heterocycles. The van der Waals surface area contributed by atoms with E-state index in [1.165, 1.54) is 7.11 Å². The predicted molar refractivity (Wildman–Crippen MR) is 102 cm³/mol. The van der Waals surface area contributed by atoms with E-state index < -0.39 is 17.4 Å². The molecule has 142 valence electrons. The van der Waals surface area contributed by atoms with Gasteiger partial charge in [-0.2, -0.15) is 0 Å². The molecule has 0 saturated carbocycles. The molecule has 2 aromatic carbocycles. The molecule has 2 saturated heterocycles. The van der Waals surface area contributed by atoms with Crippen molar-refractivity contribution in [3.8, 4) is 0 Å². The van der Waals surface area contributed by atoms with Crippen LogP contribution in [0.25, 0.3) is 0 Å². The summed E-state index contributed by atoms with van der Waals surface area (Å²) in [6.45, 7) is 0.422. The summed E-state index contributed by atoms with van der Waals surface area (Å²) in [5.74, 6) is -1.56. The molecule has 2 aromatic rings. The van der Waals surface area contributed by atoms with Gasteiger partial charge in [0.25, 0.3) is 0 Å². The van der Waals surface area contributed by atoms with Crippen molar-refractivity contribution >= 4 is 11.9 Å². The van der Waals surface area contributed by atoms with Gasteiger partial charge >= 0.3 is 5.97 Å². The number of ether oxygens (including phenoxy) is 2. The number of hydrogen-bond donors (Lipinski definition) is 0. The van der Waals surface area contributed by atoms with Crippen LogP contribution in [0.15, 0.2) is 72.8 Å². The lowest BCUT2D eigenvalue weighted by molar-refractivity contribution is -0.151. The van der Waals surface area contributed by atoms with Crippen molar-refractivity contribution in [2.75, 3.05) is 13.7 Å².